The molecule has 0 saturated carbocycles. The van der Waals surface area contributed by atoms with Crippen molar-refractivity contribution >= 4 is 35.0 Å². The molecule has 0 bridgehead atoms. The number of para-hydroxylation sites is 1. The van der Waals surface area contributed by atoms with Crippen molar-refractivity contribution in [2.45, 2.75) is 18.3 Å². The van der Waals surface area contributed by atoms with Gasteiger partial charge in [0, 0.05) is 29.2 Å². The first kappa shape index (κ1) is 22.7. The van der Waals surface area contributed by atoms with Crippen LogP contribution < -0.4 is 20.7 Å². The van der Waals surface area contributed by atoms with Crippen molar-refractivity contribution in [2.24, 2.45) is 0 Å². The third kappa shape index (κ3) is 5.64. The Labute approximate surface area is 195 Å². The molecule has 0 saturated heterocycles. The van der Waals surface area contributed by atoms with E-state index >= 15 is 0 Å². The highest BCUT2D eigenvalue weighted by Gasteiger charge is 2.26. The van der Waals surface area contributed by atoms with Gasteiger partial charge in [-0.15, -0.1) is 0 Å². The molecule has 0 radical (unpaired) electrons. The zero-order chi connectivity index (χ0) is 23.2. The molecule has 2 amide bonds. The quantitative estimate of drug-likeness (QED) is 0.459. The minimum Gasteiger partial charge on any atom is -0.496 e. The number of rotatable bonds is 8. The number of carbonyl (C=O) groups is 2. The number of benzene rings is 3. The molecule has 3 aromatic rings. The van der Waals surface area contributed by atoms with Gasteiger partial charge < -0.3 is 20.7 Å². The smallest absolute Gasteiger partial charge is 0.251 e. The summed E-state index contributed by atoms with van der Waals surface area (Å²) in [4.78, 5) is 25.2. The van der Waals surface area contributed by atoms with Crippen molar-refractivity contribution in [3.8, 4) is 5.75 Å². The van der Waals surface area contributed by atoms with E-state index in [1.165, 1.54) is 12.1 Å². The molecule has 33 heavy (non-hydrogen) atoms. The van der Waals surface area contributed by atoms with Gasteiger partial charge in [0.15, 0.2) is 0 Å². The molecular formula is C25H24FN3O3S. The molecule has 6 nitrogen and oxygen atoms in total. The van der Waals surface area contributed by atoms with Crippen LogP contribution in [0, 0.1) is 5.82 Å². The van der Waals surface area contributed by atoms with Gasteiger partial charge >= 0.3 is 0 Å². The van der Waals surface area contributed by atoms with E-state index in [4.69, 9.17) is 4.74 Å². The van der Waals surface area contributed by atoms with Crippen LogP contribution >= 0.6 is 11.8 Å². The Morgan fingerprint density at radius 1 is 1.09 bits per heavy atom. The number of nitrogens with one attached hydrogen (secondary N) is 3. The minimum absolute atomic E-state index is 0.166. The Kier molecular flexibility index (Phi) is 7.14. The molecular weight excluding hydrogens is 441 g/mol. The first-order valence-corrected chi connectivity index (χ1v) is 11.6. The number of thioether (sulfide) groups is 1. The average molecular weight is 466 g/mol. The van der Waals surface area contributed by atoms with Gasteiger partial charge in [0.2, 0.25) is 5.91 Å². The molecule has 0 spiro atoms. The lowest BCUT2D eigenvalue weighted by Crippen LogP contribution is -2.40. The standard InChI is InChI=1S/C25H24FN3O3S/c1-32-23-8-3-2-6-18(23)13-27-24(30)17-9-10-20-21(12-17)29-25(31)22(28-20)15-33-14-16-5-4-7-19(26)11-16/h2-12,22,28H,13-15H2,1H3,(H,27,30)(H,29,31). The SMILES string of the molecule is COc1ccccc1CNC(=O)c1ccc2c(c1)NC(=O)C(CSCc1cccc(F)c1)N2. The van der Waals surface area contributed by atoms with Crippen molar-refractivity contribution in [3.05, 3.63) is 89.2 Å². The predicted octanol–water partition coefficient (Wildman–Crippen LogP) is 4.43. The molecule has 170 valence electrons. The largest absolute Gasteiger partial charge is 0.496 e. The fraction of sp³-hybridized carbons (Fsp3) is 0.200. The minimum atomic E-state index is -0.415. The van der Waals surface area contributed by atoms with E-state index < -0.39 is 6.04 Å². The van der Waals surface area contributed by atoms with Gasteiger partial charge in [-0.3, -0.25) is 9.59 Å². The molecule has 0 fully saturated rings. The van der Waals surface area contributed by atoms with Gasteiger partial charge in [-0.2, -0.15) is 11.8 Å². The summed E-state index contributed by atoms with van der Waals surface area (Å²) < 4.78 is 18.6. The van der Waals surface area contributed by atoms with Crippen LogP contribution in [0.15, 0.2) is 66.7 Å². The zero-order valence-corrected chi connectivity index (χ0v) is 18.9. The Hall–Kier alpha value is -3.52. The first-order valence-electron chi connectivity index (χ1n) is 10.5. The summed E-state index contributed by atoms with van der Waals surface area (Å²) in [6.45, 7) is 0.329. The fourth-order valence-corrected chi connectivity index (χ4v) is 4.56. The molecule has 1 aliphatic rings. The van der Waals surface area contributed by atoms with Gasteiger partial charge in [0.05, 0.1) is 18.5 Å². The van der Waals surface area contributed by atoms with Crippen LogP contribution in [0.5, 0.6) is 5.75 Å². The Bertz CT molecular complexity index is 1170. The maximum Gasteiger partial charge on any atom is 0.251 e. The highest BCUT2D eigenvalue weighted by atomic mass is 32.2. The number of amides is 2. The lowest BCUT2D eigenvalue weighted by Gasteiger charge is -2.27. The molecule has 0 aliphatic carbocycles. The van der Waals surface area contributed by atoms with Gasteiger partial charge in [0.1, 0.15) is 17.6 Å². The molecule has 3 N–H and O–H groups in total. The van der Waals surface area contributed by atoms with Crippen LogP contribution in [0.2, 0.25) is 0 Å². The second-order valence-electron chi connectivity index (χ2n) is 7.59. The number of methoxy groups -OCH3 is 1. The van der Waals surface area contributed by atoms with Crippen molar-refractivity contribution in [3.63, 3.8) is 0 Å². The number of hydrogen-bond acceptors (Lipinski definition) is 5. The highest BCUT2D eigenvalue weighted by Crippen LogP contribution is 2.29. The van der Waals surface area contributed by atoms with Gasteiger partial charge in [-0.05, 0) is 42.0 Å². The number of fused-ring (bicyclic) bond motifs is 1. The number of anilines is 2. The van der Waals surface area contributed by atoms with E-state index in [-0.39, 0.29) is 17.6 Å². The second-order valence-corrected chi connectivity index (χ2v) is 8.62. The van der Waals surface area contributed by atoms with E-state index in [1.807, 2.05) is 30.3 Å². The molecule has 3 aromatic carbocycles. The maximum atomic E-state index is 13.3. The van der Waals surface area contributed by atoms with Gasteiger partial charge in [-0.1, -0.05) is 30.3 Å². The van der Waals surface area contributed by atoms with Crippen LogP contribution in [-0.4, -0.2) is 30.7 Å². The van der Waals surface area contributed by atoms with E-state index in [2.05, 4.69) is 16.0 Å². The summed E-state index contributed by atoms with van der Waals surface area (Å²) >= 11 is 1.55. The molecule has 1 unspecified atom stereocenters. The van der Waals surface area contributed by atoms with Crippen LogP contribution in [0.4, 0.5) is 15.8 Å². The summed E-state index contributed by atoms with van der Waals surface area (Å²) in [5.41, 5.74) is 3.52. The maximum absolute atomic E-state index is 13.3. The molecule has 0 aromatic heterocycles. The molecule has 1 heterocycles. The number of hydrogen-bond donors (Lipinski definition) is 3. The average Bonchev–Trinajstić information content (AvgIpc) is 2.82. The van der Waals surface area contributed by atoms with Crippen LogP contribution in [0.3, 0.4) is 0 Å². The molecule has 4 rings (SSSR count). The zero-order valence-electron chi connectivity index (χ0n) is 18.1. The van der Waals surface area contributed by atoms with Crippen LogP contribution in [-0.2, 0) is 17.1 Å². The Morgan fingerprint density at radius 2 is 1.94 bits per heavy atom. The van der Waals surface area contributed by atoms with E-state index in [9.17, 15) is 14.0 Å². The van der Waals surface area contributed by atoms with Crippen LogP contribution in [0.1, 0.15) is 21.5 Å². The van der Waals surface area contributed by atoms with Crippen molar-refractivity contribution < 1.29 is 18.7 Å². The highest BCUT2D eigenvalue weighted by molar-refractivity contribution is 7.98. The molecule has 8 heteroatoms. The van der Waals surface area contributed by atoms with E-state index in [0.717, 1.165) is 16.8 Å². The monoisotopic (exact) mass is 465 g/mol. The normalized spacial score (nSPS) is 14.6. The second kappa shape index (κ2) is 10.4. The Morgan fingerprint density at radius 3 is 2.76 bits per heavy atom. The summed E-state index contributed by atoms with van der Waals surface area (Å²) in [6.07, 6.45) is 0. The summed E-state index contributed by atoms with van der Waals surface area (Å²) in [5.74, 6) is 1.18. The molecule has 1 aliphatic heterocycles. The molecule has 1 atom stereocenters. The van der Waals surface area contributed by atoms with Gasteiger partial charge in [0.25, 0.3) is 5.91 Å². The van der Waals surface area contributed by atoms with E-state index in [1.54, 1.807) is 43.1 Å². The van der Waals surface area contributed by atoms with E-state index in [0.29, 0.717) is 35.1 Å². The third-order valence-electron chi connectivity index (χ3n) is 5.26. The number of halogens is 1. The third-order valence-corrected chi connectivity index (χ3v) is 6.37. The summed E-state index contributed by atoms with van der Waals surface area (Å²) in [6, 6.07) is 18.7. The fourth-order valence-electron chi connectivity index (χ4n) is 3.55. The van der Waals surface area contributed by atoms with Crippen molar-refractivity contribution in [2.75, 3.05) is 23.5 Å². The van der Waals surface area contributed by atoms with Crippen LogP contribution in [0.25, 0.3) is 0 Å². The summed E-state index contributed by atoms with van der Waals surface area (Å²) in [5, 5.41) is 8.99. The lowest BCUT2D eigenvalue weighted by atomic mass is 10.1. The topological polar surface area (TPSA) is 79.5 Å². The summed E-state index contributed by atoms with van der Waals surface area (Å²) in [7, 11) is 1.59. The van der Waals surface area contributed by atoms with Gasteiger partial charge in [-0.25, -0.2) is 4.39 Å². The lowest BCUT2D eigenvalue weighted by molar-refractivity contribution is -0.116. The number of carbonyl (C=O) groups excluding carboxylic acids is 2. The first-order chi connectivity index (χ1) is 16.0. The number of ether oxygens (including phenoxy) is 1. The van der Waals surface area contributed by atoms with Crippen molar-refractivity contribution in [1.82, 2.24) is 5.32 Å². The Balaban J connectivity index is 1.34. The predicted molar refractivity (Wildman–Crippen MR) is 129 cm³/mol. The van der Waals surface area contributed by atoms with Crippen molar-refractivity contribution in [1.29, 1.82) is 0 Å².